The molecule has 8 rings (SSSR count). The molecule has 0 aromatic heterocycles. The maximum Gasteiger partial charge on any atom is 0.295 e. The van der Waals surface area contributed by atoms with Gasteiger partial charge in [0.1, 0.15) is 22.8 Å². The van der Waals surface area contributed by atoms with Crippen LogP contribution in [0.25, 0.3) is 33.4 Å². The van der Waals surface area contributed by atoms with Crippen LogP contribution in [0.1, 0.15) is 24.0 Å². The van der Waals surface area contributed by atoms with Crippen molar-refractivity contribution in [1.29, 1.82) is 0 Å². The largest absolute Gasteiger partial charge is 0.456 e. The molecule has 3 heterocycles. The van der Waals surface area contributed by atoms with Crippen LogP contribution in [0, 0.1) is 0 Å². The molecule has 4 aromatic rings. The molecule has 0 radical (unpaired) electrons. The molecule has 6 nitrogen and oxygen atoms in total. The summed E-state index contributed by atoms with van der Waals surface area (Å²) in [7, 11) is -4.48. The van der Waals surface area contributed by atoms with Crippen molar-refractivity contribution in [3.63, 3.8) is 0 Å². The van der Waals surface area contributed by atoms with Gasteiger partial charge >= 0.3 is 0 Å². The first-order valence-electron chi connectivity index (χ1n) is 15.1. The molecular formula is C37H31N2O4S+. The van der Waals surface area contributed by atoms with Crippen LogP contribution in [0.3, 0.4) is 0 Å². The topological polar surface area (TPSA) is 73.8 Å². The monoisotopic (exact) mass is 599 g/mol. The number of hydrogen-bond donors (Lipinski definition) is 1. The minimum Gasteiger partial charge on any atom is -0.456 e. The minimum atomic E-state index is -4.48. The summed E-state index contributed by atoms with van der Waals surface area (Å²) in [6, 6.07) is 35.9. The fourth-order valence-corrected chi connectivity index (χ4v) is 7.69. The summed E-state index contributed by atoms with van der Waals surface area (Å²) in [4.78, 5) is 2.20. The standard InChI is InChI=1S/C37H30N2O4S/c40-44(41,42)36-16-6-3-13-31(36)37-29-19-17-27(38-21-7-11-25-9-1-4-14-32(25)38)23-34(29)43-35-24-28(18-20-30(35)37)39-22-8-12-26-10-2-5-15-33(26)39/h1-6,9-10,13-20,23-24H,7-8,11-12,21-22H2/p+1. The number of anilines is 2. The van der Waals surface area contributed by atoms with E-state index in [1.807, 2.05) is 12.1 Å². The Morgan fingerprint density at radius 3 is 2.41 bits per heavy atom. The van der Waals surface area contributed by atoms with E-state index in [2.05, 4.69) is 82.3 Å². The molecule has 0 saturated carbocycles. The van der Waals surface area contributed by atoms with Crippen LogP contribution in [0.5, 0.6) is 0 Å². The van der Waals surface area contributed by atoms with Crippen LogP contribution in [0.15, 0.2) is 119 Å². The highest BCUT2D eigenvalue weighted by atomic mass is 32.2. The second-order valence-corrected chi connectivity index (χ2v) is 13.0. The SMILES string of the molecule is O=S(=O)(O)c1ccccc1-c1c2ccc(=[N+]3CCCc4ccccc43)cc-2oc2cc(N3CCCc4ccccc43)ccc12. The third kappa shape index (κ3) is 4.51. The Kier molecular flexibility index (Phi) is 6.40. The zero-order valence-electron chi connectivity index (χ0n) is 24.1. The van der Waals surface area contributed by atoms with E-state index < -0.39 is 10.1 Å². The van der Waals surface area contributed by atoms with Gasteiger partial charge in [-0.15, -0.1) is 0 Å². The Morgan fingerprint density at radius 2 is 1.52 bits per heavy atom. The van der Waals surface area contributed by atoms with Crippen LogP contribution < -0.4 is 14.8 Å². The maximum absolute atomic E-state index is 12.6. The van der Waals surface area contributed by atoms with Gasteiger partial charge in [-0.1, -0.05) is 54.6 Å². The average molecular weight is 600 g/mol. The van der Waals surface area contributed by atoms with Gasteiger partial charge in [0.25, 0.3) is 10.1 Å². The molecule has 0 bridgehead atoms. The van der Waals surface area contributed by atoms with Gasteiger partial charge in [-0.25, -0.2) is 0 Å². The zero-order chi connectivity index (χ0) is 29.8. The van der Waals surface area contributed by atoms with Crippen molar-refractivity contribution in [2.24, 2.45) is 0 Å². The van der Waals surface area contributed by atoms with E-state index in [4.69, 9.17) is 4.42 Å². The third-order valence-corrected chi connectivity index (χ3v) is 9.88. The summed E-state index contributed by atoms with van der Waals surface area (Å²) in [6.07, 6.45) is 4.21. The van der Waals surface area contributed by atoms with Crippen molar-refractivity contribution >= 4 is 38.1 Å². The summed E-state index contributed by atoms with van der Waals surface area (Å²) in [5.74, 6) is 0.648. The number of aryl methyl sites for hydroxylation is 2. The molecule has 0 fully saturated rings. The second kappa shape index (κ2) is 10.5. The predicted octanol–water partition coefficient (Wildman–Crippen LogP) is 7.59. The van der Waals surface area contributed by atoms with E-state index in [1.54, 1.807) is 18.2 Å². The highest BCUT2D eigenvalue weighted by molar-refractivity contribution is 7.86. The summed E-state index contributed by atoms with van der Waals surface area (Å²) < 4.78 is 44.4. The molecule has 0 unspecified atom stereocenters. The van der Waals surface area contributed by atoms with Gasteiger partial charge in [0.05, 0.1) is 6.07 Å². The number of para-hydroxylation sites is 2. The molecule has 0 atom stereocenters. The molecule has 44 heavy (non-hydrogen) atoms. The minimum absolute atomic E-state index is 0.128. The molecule has 1 N–H and O–H groups in total. The number of nitrogens with zero attached hydrogens (tertiary/aromatic N) is 2. The first kappa shape index (κ1) is 26.9. The van der Waals surface area contributed by atoms with Crippen molar-refractivity contribution in [3.05, 3.63) is 126 Å². The van der Waals surface area contributed by atoms with E-state index in [0.29, 0.717) is 22.5 Å². The lowest BCUT2D eigenvalue weighted by atomic mass is 9.93. The van der Waals surface area contributed by atoms with Gasteiger partial charge < -0.3 is 9.32 Å². The molecule has 0 amide bonds. The first-order chi connectivity index (χ1) is 21.5. The fourth-order valence-electron chi connectivity index (χ4n) is 7.00. The van der Waals surface area contributed by atoms with Gasteiger partial charge in [0.2, 0.25) is 11.0 Å². The Hall–Kier alpha value is -4.72. The van der Waals surface area contributed by atoms with Crippen molar-refractivity contribution in [2.75, 3.05) is 18.0 Å². The van der Waals surface area contributed by atoms with E-state index in [0.717, 1.165) is 60.8 Å². The lowest BCUT2D eigenvalue weighted by Crippen LogP contribution is -2.30. The maximum atomic E-state index is 12.6. The summed E-state index contributed by atoms with van der Waals surface area (Å²) in [5, 5.41) is 1.79. The van der Waals surface area contributed by atoms with Crippen molar-refractivity contribution in [3.8, 4) is 22.5 Å². The lowest BCUT2D eigenvalue weighted by molar-refractivity contribution is 0.483. The lowest BCUT2D eigenvalue weighted by Gasteiger charge is -2.31. The van der Waals surface area contributed by atoms with Crippen LogP contribution in [-0.4, -0.2) is 26.1 Å². The van der Waals surface area contributed by atoms with Gasteiger partial charge in [0.15, 0.2) is 0 Å². The Bertz CT molecular complexity index is 2240. The number of benzene rings is 5. The van der Waals surface area contributed by atoms with Gasteiger partial charge in [-0.3, -0.25) is 4.55 Å². The van der Waals surface area contributed by atoms with Crippen LogP contribution in [0.4, 0.5) is 17.1 Å². The number of fused-ring (bicyclic) bond motifs is 4. The Balaban J connectivity index is 1.42. The molecule has 1 aliphatic carbocycles. The smallest absolute Gasteiger partial charge is 0.295 e. The highest BCUT2D eigenvalue weighted by Gasteiger charge is 2.26. The van der Waals surface area contributed by atoms with Gasteiger partial charge in [-0.2, -0.15) is 13.0 Å². The van der Waals surface area contributed by atoms with Crippen LogP contribution in [-0.2, 0) is 23.0 Å². The molecule has 3 aliphatic heterocycles. The van der Waals surface area contributed by atoms with Crippen molar-refractivity contribution < 1.29 is 17.4 Å². The van der Waals surface area contributed by atoms with E-state index in [9.17, 15) is 13.0 Å². The van der Waals surface area contributed by atoms with Crippen LogP contribution in [0.2, 0.25) is 0 Å². The van der Waals surface area contributed by atoms with Crippen LogP contribution >= 0.6 is 0 Å². The molecule has 4 aliphatic rings. The van der Waals surface area contributed by atoms with Crippen molar-refractivity contribution in [1.82, 2.24) is 4.58 Å². The quantitative estimate of drug-likeness (QED) is 0.129. The van der Waals surface area contributed by atoms with Gasteiger partial charge in [0, 0.05) is 70.2 Å². The molecule has 0 spiro atoms. The fraction of sp³-hybridized carbons (Fsp3) is 0.162. The molecule has 218 valence electrons. The van der Waals surface area contributed by atoms with Crippen molar-refractivity contribution in [2.45, 2.75) is 30.6 Å². The highest BCUT2D eigenvalue weighted by Crippen LogP contribution is 2.44. The average Bonchev–Trinajstić information content (AvgIpc) is 3.06. The molecule has 4 aromatic carbocycles. The number of hydrogen-bond acceptors (Lipinski definition) is 4. The van der Waals surface area contributed by atoms with E-state index >= 15 is 0 Å². The summed E-state index contributed by atoms with van der Waals surface area (Å²) in [6.45, 7) is 1.79. The summed E-state index contributed by atoms with van der Waals surface area (Å²) in [5.41, 5.74) is 8.63. The second-order valence-electron chi connectivity index (χ2n) is 11.6. The Labute approximate surface area is 256 Å². The summed E-state index contributed by atoms with van der Waals surface area (Å²) >= 11 is 0. The molecule has 7 heteroatoms. The predicted molar refractivity (Wildman–Crippen MR) is 174 cm³/mol. The molecule has 0 saturated heterocycles. The van der Waals surface area contributed by atoms with Gasteiger partial charge in [-0.05, 0) is 55.2 Å². The zero-order valence-corrected chi connectivity index (χ0v) is 24.9. The van der Waals surface area contributed by atoms with E-state index in [-0.39, 0.29) is 4.90 Å². The normalized spacial score (nSPS) is 16.2. The molecular weight excluding hydrogens is 568 g/mol. The van der Waals surface area contributed by atoms with E-state index in [1.165, 1.54) is 28.6 Å². The Morgan fingerprint density at radius 1 is 0.750 bits per heavy atom. The third-order valence-electron chi connectivity index (χ3n) is 8.97. The number of rotatable bonds is 3. The first-order valence-corrected chi connectivity index (χ1v) is 16.5.